The number of aryl methyl sites for hydroxylation is 1. The maximum Gasteiger partial charge on any atom is 0.0494 e. The first-order valence-corrected chi connectivity index (χ1v) is 5.24. The SMILES string of the molecule is CCCCc1ccc(N)c(CCl)c1.Cl. The van der Waals surface area contributed by atoms with Crippen molar-refractivity contribution in [2.45, 2.75) is 32.1 Å². The second-order valence-corrected chi connectivity index (χ2v) is 3.54. The summed E-state index contributed by atoms with van der Waals surface area (Å²) in [6.07, 6.45) is 3.58. The molecular weight excluding hydrogens is 217 g/mol. The van der Waals surface area contributed by atoms with Crippen LogP contribution in [-0.2, 0) is 12.3 Å². The normalized spacial score (nSPS) is 9.57. The minimum atomic E-state index is 0. The van der Waals surface area contributed by atoms with Crippen LogP contribution < -0.4 is 5.73 Å². The Morgan fingerprint density at radius 1 is 1.36 bits per heavy atom. The average molecular weight is 234 g/mol. The first kappa shape index (κ1) is 13.6. The fourth-order valence-corrected chi connectivity index (χ4v) is 1.54. The molecule has 0 aliphatic carbocycles. The van der Waals surface area contributed by atoms with Gasteiger partial charge in [-0.25, -0.2) is 0 Å². The van der Waals surface area contributed by atoms with Crippen molar-refractivity contribution in [1.29, 1.82) is 0 Å². The van der Waals surface area contributed by atoms with E-state index in [9.17, 15) is 0 Å². The third-order valence-corrected chi connectivity index (χ3v) is 2.46. The number of rotatable bonds is 4. The van der Waals surface area contributed by atoms with Gasteiger partial charge in [-0.3, -0.25) is 0 Å². The summed E-state index contributed by atoms with van der Waals surface area (Å²) in [6.45, 7) is 2.19. The van der Waals surface area contributed by atoms with E-state index in [1.54, 1.807) is 0 Å². The third kappa shape index (κ3) is 3.77. The Labute approximate surface area is 97.1 Å². The van der Waals surface area contributed by atoms with Crippen LogP contribution in [0.15, 0.2) is 18.2 Å². The van der Waals surface area contributed by atoms with Gasteiger partial charge >= 0.3 is 0 Å². The van der Waals surface area contributed by atoms with Crippen LogP contribution in [0, 0.1) is 0 Å². The molecule has 0 radical (unpaired) electrons. The van der Waals surface area contributed by atoms with Crippen molar-refractivity contribution >= 4 is 29.7 Å². The number of alkyl halides is 1. The van der Waals surface area contributed by atoms with Crippen molar-refractivity contribution in [3.63, 3.8) is 0 Å². The lowest BCUT2D eigenvalue weighted by Crippen LogP contribution is -1.94. The maximum atomic E-state index is 5.76. The van der Waals surface area contributed by atoms with Crippen LogP contribution in [0.5, 0.6) is 0 Å². The van der Waals surface area contributed by atoms with E-state index in [4.69, 9.17) is 17.3 Å². The summed E-state index contributed by atoms with van der Waals surface area (Å²) in [5, 5.41) is 0. The van der Waals surface area contributed by atoms with E-state index in [2.05, 4.69) is 19.1 Å². The zero-order valence-electron chi connectivity index (χ0n) is 8.42. The zero-order chi connectivity index (χ0) is 9.68. The summed E-state index contributed by atoms with van der Waals surface area (Å²) in [7, 11) is 0. The number of nitrogens with two attached hydrogens (primary N) is 1. The minimum Gasteiger partial charge on any atom is -0.398 e. The molecule has 0 atom stereocenters. The van der Waals surface area contributed by atoms with Crippen LogP contribution in [-0.4, -0.2) is 0 Å². The fourth-order valence-electron chi connectivity index (χ4n) is 1.31. The highest BCUT2D eigenvalue weighted by atomic mass is 35.5. The second-order valence-electron chi connectivity index (χ2n) is 3.27. The Hall–Kier alpha value is -0.400. The molecule has 0 aliphatic heterocycles. The number of nitrogen functional groups attached to an aromatic ring is 1. The second kappa shape index (κ2) is 6.97. The van der Waals surface area contributed by atoms with E-state index in [-0.39, 0.29) is 12.4 Å². The molecule has 1 aromatic carbocycles. The molecule has 0 unspecified atom stereocenters. The Morgan fingerprint density at radius 2 is 2.07 bits per heavy atom. The molecule has 0 spiro atoms. The lowest BCUT2D eigenvalue weighted by molar-refractivity contribution is 0.794. The van der Waals surface area contributed by atoms with Gasteiger partial charge in [0, 0.05) is 11.6 Å². The predicted molar refractivity (Wildman–Crippen MR) is 66.3 cm³/mol. The van der Waals surface area contributed by atoms with Crippen LogP contribution in [0.4, 0.5) is 5.69 Å². The number of unbranched alkanes of at least 4 members (excludes halogenated alkanes) is 1. The number of benzene rings is 1. The fraction of sp³-hybridized carbons (Fsp3) is 0.455. The third-order valence-electron chi connectivity index (χ3n) is 2.17. The van der Waals surface area contributed by atoms with Gasteiger partial charge in [0.1, 0.15) is 0 Å². The van der Waals surface area contributed by atoms with Gasteiger partial charge in [-0.2, -0.15) is 0 Å². The molecule has 1 nitrogen and oxygen atoms in total. The van der Waals surface area contributed by atoms with E-state index in [0.29, 0.717) is 5.88 Å². The quantitative estimate of drug-likeness (QED) is 0.622. The topological polar surface area (TPSA) is 26.0 Å². The molecular formula is C11H17Cl2N. The summed E-state index contributed by atoms with van der Waals surface area (Å²) in [4.78, 5) is 0. The Morgan fingerprint density at radius 3 is 2.64 bits per heavy atom. The van der Waals surface area contributed by atoms with Gasteiger partial charge in [0.25, 0.3) is 0 Å². The largest absolute Gasteiger partial charge is 0.398 e. The molecule has 0 heterocycles. The molecule has 3 heteroatoms. The van der Waals surface area contributed by atoms with Gasteiger partial charge in [0.2, 0.25) is 0 Å². The van der Waals surface area contributed by atoms with E-state index in [0.717, 1.165) is 17.7 Å². The first-order valence-electron chi connectivity index (χ1n) is 4.71. The van der Waals surface area contributed by atoms with Gasteiger partial charge in [-0.05, 0) is 30.0 Å². The van der Waals surface area contributed by atoms with Crippen LogP contribution in [0.1, 0.15) is 30.9 Å². The summed E-state index contributed by atoms with van der Waals surface area (Å²) in [6, 6.07) is 6.14. The van der Waals surface area contributed by atoms with E-state index in [1.807, 2.05) is 6.07 Å². The maximum absolute atomic E-state index is 5.76. The van der Waals surface area contributed by atoms with E-state index in [1.165, 1.54) is 18.4 Å². The molecule has 1 aromatic rings. The zero-order valence-corrected chi connectivity index (χ0v) is 10.00. The Bertz CT molecular complexity index is 274. The van der Waals surface area contributed by atoms with Gasteiger partial charge < -0.3 is 5.73 Å². The van der Waals surface area contributed by atoms with Gasteiger partial charge in [-0.15, -0.1) is 24.0 Å². The summed E-state index contributed by atoms with van der Waals surface area (Å²) >= 11 is 5.76. The molecule has 0 amide bonds. The van der Waals surface area contributed by atoms with Crippen molar-refractivity contribution in [2.24, 2.45) is 0 Å². The smallest absolute Gasteiger partial charge is 0.0494 e. The molecule has 1 rings (SSSR count). The molecule has 14 heavy (non-hydrogen) atoms. The van der Waals surface area contributed by atoms with Crippen molar-refractivity contribution in [3.8, 4) is 0 Å². The molecule has 80 valence electrons. The standard InChI is InChI=1S/C11H16ClN.ClH/c1-2-3-4-9-5-6-11(13)10(7-9)8-12;/h5-7H,2-4,8,13H2,1H3;1H. The van der Waals surface area contributed by atoms with Crippen LogP contribution >= 0.6 is 24.0 Å². The van der Waals surface area contributed by atoms with Gasteiger partial charge in [-0.1, -0.05) is 25.5 Å². The molecule has 0 saturated heterocycles. The van der Waals surface area contributed by atoms with Gasteiger partial charge in [0.15, 0.2) is 0 Å². The van der Waals surface area contributed by atoms with Crippen molar-refractivity contribution in [3.05, 3.63) is 29.3 Å². The first-order chi connectivity index (χ1) is 6.27. The van der Waals surface area contributed by atoms with Crippen molar-refractivity contribution < 1.29 is 0 Å². The average Bonchev–Trinajstić information content (AvgIpc) is 2.16. The summed E-state index contributed by atoms with van der Waals surface area (Å²) < 4.78 is 0. The van der Waals surface area contributed by atoms with Gasteiger partial charge in [0.05, 0.1) is 0 Å². The van der Waals surface area contributed by atoms with Crippen LogP contribution in [0.2, 0.25) is 0 Å². The lowest BCUT2D eigenvalue weighted by Gasteiger charge is -2.05. The highest BCUT2D eigenvalue weighted by Crippen LogP contribution is 2.17. The van der Waals surface area contributed by atoms with Crippen molar-refractivity contribution in [1.82, 2.24) is 0 Å². The van der Waals surface area contributed by atoms with E-state index >= 15 is 0 Å². The lowest BCUT2D eigenvalue weighted by atomic mass is 10.1. The number of halogens is 2. The molecule has 0 aromatic heterocycles. The molecule has 0 saturated carbocycles. The highest BCUT2D eigenvalue weighted by Gasteiger charge is 1.99. The molecule has 0 fully saturated rings. The summed E-state index contributed by atoms with van der Waals surface area (Å²) in [5.74, 6) is 0.506. The predicted octanol–water partition coefficient (Wildman–Crippen LogP) is 3.77. The Kier molecular flexibility index (Phi) is 6.77. The minimum absolute atomic E-state index is 0. The molecule has 2 N–H and O–H groups in total. The Balaban J connectivity index is 0.00000169. The van der Waals surface area contributed by atoms with Crippen LogP contribution in [0.25, 0.3) is 0 Å². The number of anilines is 1. The van der Waals surface area contributed by atoms with E-state index < -0.39 is 0 Å². The van der Waals surface area contributed by atoms with Crippen LogP contribution in [0.3, 0.4) is 0 Å². The molecule has 0 aliphatic rings. The molecule has 0 bridgehead atoms. The number of hydrogen-bond acceptors (Lipinski definition) is 1. The monoisotopic (exact) mass is 233 g/mol. The highest BCUT2D eigenvalue weighted by molar-refractivity contribution is 6.17. The summed E-state index contributed by atoms with van der Waals surface area (Å²) in [5.41, 5.74) is 8.94. The number of hydrogen-bond donors (Lipinski definition) is 1. The van der Waals surface area contributed by atoms with Crippen molar-refractivity contribution in [2.75, 3.05) is 5.73 Å².